The van der Waals surface area contributed by atoms with Crippen molar-refractivity contribution in [3.05, 3.63) is 34.3 Å². The Kier molecular flexibility index (Phi) is 4.20. The second kappa shape index (κ2) is 5.13. The van der Waals surface area contributed by atoms with Gasteiger partial charge >= 0.3 is 12.1 Å². The molecule has 18 heavy (non-hydrogen) atoms. The second-order valence-corrected chi connectivity index (χ2v) is 3.91. The van der Waals surface area contributed by atoms with E-state index in [9.17, 15) is 23.1 Å². The topological polar surface area (TPSA) is 83.6 Å². The fraction of sp³-hybridized carbons (Fsp3) is 0.300. The third-order valence-corrected chi connectivity index (χ3v) is 2.61. The minimum atomic E-state index is -4.76. The largest absolute Gasteiger partial charge is 0.480 e. The summed E-state index contributed by atoms with van der Waals surface area (Å²) < 4.78 is 38.1. The van der Waals surface area contributed by atoms with Gasteiger partial charge in [-0.1, -0.05) is 17.7 Å². The van der Waals surface area contributed by atoms with Gasteiger partial charge in [-0.15, -0.1) is 0 Å². The zero-order chi connectivity index (χ0) is 14.1. The molecule has 100 valence electrons. The number of halogens is 4. The van der Waals surface area contributed by atoms with E-state index in [1.807, 2.05) is 0 Å². The molecule has 0 aliphatic heterocycles. The number of hydrogen-bond donors (Lipinski definition) is 3. The van der Waals surface area contributed by atoms with E-state index in [0.717, 1.165) is 12.1 Å². The standard InChI is InChI=1S/C10H9ClF3NO3/c11-5-3-1-2-4(10(12,13)14)6(5)8(16)7(15)9(17)18/h1-3,7-8,16H,15H2,(H,17,18). The molecule has 0 aliphatic carbocycles. The van der Waals surface area contributed by atoms with E-state index in [1.165, 1.54) is 0 Å². The first-order valence-electron chi connectivity index (χ1n) is 4.68. The van der Waals surface area contributed by atoms with Crippen LogP contribution in [-0.2, 0) is 11.0 Å². The monoisotopic (exact) mass is 283 g/mol. The summed E-state index contributed by atoms with van der Waals surface area (Å²) >= 11 is 5.57. The molecule has 0 saturated heterocycles. The maximum absolute atomic E-state index is 12.7. The Morgan fingerprint density at radius 1 is 1.39 bits per heavy atom. The highest BCUT2D eigenvalue weighted by atomic mass is 35.5. The van der Waals surface area contributed by atoms with E-state index >= 15 is 0 Å². The van der Waals surface area contributed by atoms with Crippen molar-refractivity contribution in [1.29, 1.82) is 0 Å². The lowest BCUT2D eigenvalue weighted by Crippen LogP contribution is -2.37. The molecule has 0 aliphatic rings. The Morgan fingerprint density at radius 3 is 2.39 bits per heavy atom. The molecule has 4 nitrogen and oxygen atoms in total. The average Bonchev–Trinajstić information content (AvgIpc) is 2.25. The van der Waals surface area contributed by atoms with Gasteiger partial charge in [-0.2, -0.15) is 13.2 Å². The predicted octanol–water partition coefficient (Wildman–Crippen LogP) is 1.80. The SMILES string of the molecule is NC(C(=O)O)C(O)c1c(Cl)cccc1C(F)(F)F. The van der Waals surface area contributed by atoms with Gasteiger partial charge < -0.3 is 15.9 Å². The number of hydrogen-bond acceptors (Lipinski definition) is 3. The quantitative estimate of drug-likeness (QED) is 0.790. The van der Waals surface area contributed by atoms with Crippen LogP contribution >= 0.6 is 11.6 Å². The van der Waals surface area contributed by atoms with E-state index in [2.05, 4.69) is 0 Å². The summed E-state index contributed by atoms with van der Waals surface area (Å²) in [5.41, 5.74) is 3.15. The molecular weight excluding hydrogens is 275 g/mol. The smallest absolute Gasteiger partial charge is 0.416 e. The van der Waals surface area contributed by atoms with Crippen molar-refractivity contribution >= 4 is 17.6 Å². The highest BCUT2D eigenvalue weighted by Crippen LogP contribution is 2.38. The van der Waals surface area contributed by atoms with Crippen LogP contribution in [0.15, 0.2) is 18.2 Å². The van der Waals surface area contributed by atoms with Crippen LogP contribution in [0, 0.1) is 0 Å². The summed E-state index contributed by atoms with van der Waals surface area (Å²) in [5.74, 6) is -1.63. The number of carboxylic acid groups (broad SMARTS) is 1. The van der Waals surface area contributed by atoms with Gasteiger partial charge in [0.05, 0.1) is 5.56 Å². The Morgan fingerprint density at radius 2 is 1.94 bits per heavy atom. The first kappa shape index (κ1) is 14.7. The van der Waals surface area contributed by atoms with Gasteiger partial charge in [-0.05, 0) is 12.1 Å². The van der Waals surface area contributed by atoms with E-state index in [-0.39, 0.29) is 0 Å². The number of aliphatic hydroxyl groups is 1. The molecule has 2 unspecified atom stereocenters. The molecular formula is C10H9ClF3NO3. The van der Waals surface area contributed by atoms with E-state index in [1.54, 1.807) is 0 Å². The van der Waals surface area contributed by atoms with Crippen LogP contribution in [0.4, 0.5) is 13.2 Å². The molecule has 0 heterocycles. The number of carbonyl (C=O) groups is 1. The molecule has 0 bridgehead atoms. The van der Waals surface area contributed by atoms with Crippen LogP contribution in [0.3, 0.4) is 0 Å². The summed E-state index contributed by atoms with van der Waals surface area (Å²) in [7, 11) is 0. The summed E-state index contributed by atoms with van der Waals surface area (Å²) in [6.07, 6.45) is -6.81. The van der Waals surface area contributed by atoms with Crippen LogP contribution in [0.25, 0.3) is 0 Å². The van der Waals surface area contributed by atoms with Gasteiger partial charge in [0, 0.05) is 10.6 Å². The zero-order valence-corrected chi connectivity index (χ0v) is 9.53. The van der Waals surface area contributed by atoms with Gasteiger partial charge in [0.15, 0.2) is 0 Å². The Balaban J connectivity index is 3.35. The number of alkyl halides is 3. The highest BCUT2D eigenvalue weighted by molar-refractivity contribution is 6.31. The van der Waals surface area contributed by atoms with Crippen molar-refractivity contribution < 1.29 is 28.2 Å². The normalized spacial score (nSPS) is 15.2. The third-order valence-electron chi connectivity index (χ3n) is 2.28. The van der Waals surface area contributed by atoms with Crippen LogP contribution in [0.2, 0.25) is 5.02 Å². The molecule has 4 N–H and O–H groups in total. The van der Waals surface area contributed by atoms with Gasteiger partial charge in [0.2, 0.25) is 0 Å². The summed E-state index contributed by atoms with van der Waals surface area (Å²) in [4.78, 5) is 10.6. The Labute approximate surface area is 105 Å². The van der Waals surface area contributed by atoms with Crippen LogP contribution in [0.1, 0.15) is 17.2 Å². The van der Waals surface area contributed by atoms with E-state index < -0.39 is 40.4 Å². The molecule has 0 aromatic heterocycles. The fourth-order valence-corrected chi connectivity index (χ4v) is 1.69. The first-order chi connectivity index (χ1) is 8.16. The minimum Gasteiger partial charge on any atom is -0.480 e. The Bertz CT molecular complexity index is 464. The molecule has 2 atom stereocenters. The maximum atomic E-state index is 12.7. The predicted molar refractivity (Wildman–Crippen MR) is 57.0 cm³/mol. The van der Waals surface area contributed by atoms with Crippen molar-refractivity contribution in [2.45, 2.75) is 18.3 Å². The van der Waals surface area contributed by atoms with Crippen molar-refractivity contribution in [2.24, 2.45) is 5.73 Å². The number of benzene rings is 1. The van der Waals surface area contributed by atoms with Crippen LogP contribution in [0.5, 0.6) is 0 Å². The molecule has 8 heteroatoms. The number of nitrogens with two attached hydrogens (primary N) is 1. The number of aliphatic carboxylic acids is 1. The average molecular weight is 284 g/mol. The molecule has 1 aromatic rings. The zero-order valence-electron chi connectivity index (χ0n) is 8.78. The maximum Gasteiger partial charge on any atom is 0.416 e. The molecule has 0 radical (unpaired) electrons. The summed E-state index contributed by atoms with van der Waals surface area (Å²) in [5, 5.41) is 17.8. The molecule has 0 saturated carbocycles. The lowest BCUT2D eigenvalue weighted by atomic mass is 9.97. The van der Waals surface area contributed by atoms with Crippen LogP contribution in [-0.4, -0.2) is 22.2 Å². The Hall–Kier alpha value is -1.31. The molecule has 1 aromatic carbocycles. The van der Waals surface area contributed by atoms with E-state index in [4.69, 9.17) is 22.4 Å². The molecule has 0 amide bonds. The second-order valence-electron chi connectivity index (χ2n) is 3.51. The van der Waals surface area contributed by atoms with Crippen molar-refractivity contribution in [1.82, 2.24) is 0 Å². The van der Waals surface area contributed by atoms with Crippen LogP contribution < -0.4 is 5.73 Å². The summed E-state index contributed by atoms with van der Waals surface area (Å²) in [6, 6.07) is 0.961. The molecule has 0 spiro atoms. The highest BCUT2D eigenvalue weighted by Gasteiger charge is 2.38. The van der Waals surface area contributed by atoms with E-state index in [0.29, 0.717) is 6.07 Å². The molecule has 1 rings (SSSR count). The van der Waals surface area contributed by atoms with Gasteiger partial charge in [0.25, 0.3) is 0 Å². The van der Waals surface area contributed by atoms with Crippen molar-refractivity contribution in [3.8, 4) is 0 Å². The molecule has 0 fully saturated rings. The minimum absolute atomic E-state index is 0.394. The lowest BCUT2D eigenvalue weighted by molar-refractivity contribution is -0.144. The van der Waals surface area contributed by atoms with Gasteiger partial charge in [-0.25, -0.2) is 0 Å². The fourth-order valence-electron chi connectivity index (χ4n) is 1.40. The van der Waals surface area contributed by atoms with Crippen molar-refractivity contribution in [2.75, 3.05) is 0 Å². The number of aliphatic hydroxyl groups excluding tert-OH is 1. The number of carboxylic acids is 1. The first-order valence-corrected chi connectivity index (χ1v) is 5.06. The van der Waals surface area contributed by atoms with Crippen molar-refractivity contribution in [3.63, 3.8) is 0 Å². The summed E-state index contributed by atoms with van der Waals surface area (Å²) in [6.45, 7) is 0. The lowest BCUT2D eigenvalue weighted by Gasteiger charge is -2.21. The third kappa shape index (κ3) is 2.92. The van der Waals surface area contributed by atoms with Gasteiger partial charge in [0.1, 0.15) is 12.1 Å². The van der Waals surface area contributed by atoms with Gasteiger partial charge in [-0.3, -0.25) is 4.79 Å². The number of rotatable bonds is 3.